The number of nitrogens with zero attached hydrogens (tertiary/aromatic N) is 1. The maximum atomic E-state index is 12.5. The van der Waals surface area contributed by atoms with Crippen molar-refractivity contribution in [2.45, 2.75) is 19.3 Å². The van der Waals surface area contributed by atoms with E-state index in [2.05, 4.69) is 0 Å². The zero-order chi connectivity index (χ0) is 15.2. The molecule has 2 rings (SSSR count). The average Bonchev–Trinajstić information content (AvgIpc) is 2.49. The molecular formula is C16H20ClNO3. The second-order valence-corrected chi connectivity index (χ2v) is 5.88. The van der Waals surface area contributed by atoms with Crippen molar-refractivity contribution in [1.29, 1.82) is 0 Å². The number of alkyl halides is 1. The average molecular weight is 310 g/mol. The van der Waals surface area contributed by atoms with Crippen LogP contribution in [0, 0.1) is 11.8 Å². The third kappa shape index (κ3) is 4.21. The van der Waals surface area contributed by atoms with Gasteiger partial charge in [-0.1, -0.05) is 18.2 Å². The molecule has 0 aliphatic carbocycles. The summed E-state index contributed by atoms with van der Waals surface area (Å²) in [6.45, 7) is 1.21. The quantitative estimate of drug-likeness (QED) is 0.851. The number of piperidine rings is 1. The van der Waals surface area contributed by atoms with Crippen molar-refractivity contribution in [3.8, 4) is 0 Å². The Kier molecular flexibility index (Phi) is 5.62. The highest BCUT2D eigenvalue weighted by atomic mass is 35.5. The summed E-state index contributed by atoms with van der Waals surface area (Å²) in [5, 5.41) is 8.99. The van der Waals surface area contributed by atoms with Gasteiger partial charge in [0, 0.05) is 31.0 Å². The van der Waals surface area contributed by atoms with Crippen LogP contribution in [0.3, 0.4) is 0 Å². The molecule has 114 valence electrons. The van der Waals surface area contributed by atoms with E-state index < -0.39 is 5.97 Å². The molecule has 1 aliphatic heterocycles. The van der Waals surface area contributed by atoms with Gasteiger partial charge in [0.05, 0.1) is 0 Å². The van der Waals surface area contributed by atoms with Crippen LogP contribution in [0.2, 0.25) is 0 Å². The van der Waals surface area contributed by atoms with Crippen molar-refractivity contribution >= 4 is 23.5 Å². The molecule has 0 saturated carbocycles. The molecule has 4 nitrogen and oxygen atoms in total. The number of carbonyl (C=O) groups excluding carboxylic acids is 1. The number of aliphatic carboxylic acids is 1. The fourth-order valence-electron chi connectivity index (χ4n) is 2.99. The van der Waals surface area contributed by atoms with Crippen LogP contribution in [-0.4, -0.2) is 40.9 Å². The van der Waals surface area contributed by atoms with E-state index in [9.17, 15) is 9.59 Å². The minimum absolute atomic E-state index is 0.0175. The van der Waals surface area contributed by atoms with E-state index in [4.69, 9.17) is 16.7 Å². The lowest BCUT2D eigenvalue weighted by Gasteiger charge is -2.38. The third-order valence-corrected chi connectivity index (χ3v) is 4.33. The maximum absolute atomic E-state index is 12.5. The number of carboxylic acid groups (broad SMARTS) is 1. The number of carbonyl (C=O) groups is 2. The van der Waals surface area contributed by atoms with Crippen LogP contribution in [-0.2, 0) is 4.79 Å². The van der Waals surface area contributed by atoms with Gasteiger partial charge in [-0.25, -0.2) is 0 Å². The molecule has 0 aromatic heterocycles. The molecule has 1 saturated heterocycles. The fourth-order valence-corrected chi connectivity index (χ4v) is 3.27. The first kappa shape index (κ1) is 15.8. The van der Waals surface area contributed by atoms with Gasteiger partial charge in [0.2, 0.25) is 0 Å². The molecule has 0 radical (unpaired) electrons. The molecule has 1 aliphatic rings. The van der Waals surface area contributed by atoms with Crippen molar-refractivity contribution in [3.63, 3.8) is 0 Å². The second-order valence-electron chi connectivity index (χ2n) is 5.50. The summed E-state index contributed by atoms with van der Waals surface area (Å²) in [6, 6.07) is 9.19. The molecule has 0 unspecified atom stereocenters. The minimum atomic E-state index is -0.776. The van der Waals surface area contributed by atoms with Gasteiger partial charge >= 0.3 is 5.97 Å². The summed E-state index contributed by atoms with van der Waals surface area (Å²) in [6.07, 6.45) is 1.64. The molecule has 1 aromatic carbocycles. The summed E-state index contributed by atoms with van der Waals surface area (Å²) in [7, 11) is 0. The highest BCUT2D eigenvalue weighted by Gasteiger charge is 2.32. The summed E-state index contributed by atoms with van der Waals surface area (Å²) in [4.78, 5) is 25.2. The Morgan fingerprint density at radius 2 is 1.95 bits per heavy atom. The Morgan fingerprint density at radius 3 is 2.57 bits per heavy atom. The van der Waals surface area contributed by atoms with Crippen LogP contribution < -0.4 is 0 Å². The van der Waals surface area contributed by atoms with E-state index in [1.165, 1.54) is 0 Å². The minimum Gasteiger partial charge on any atom is -0.481 e. The first-order valence-corrected chi connectivity index (χ1v) is 7.77. The highest BCUT2D eigenvalue weighted by Crippen LogP contribution is 2.30. The molecule has 21 heavy (non-hydrogen) atoms. The summed E-state index contributed by atoms with van der Waals surface area (Å²) < 4.78 is 0. The first-order chi connectivity index (χ1) is 10.1. The SMILES string of the molecule is O=C(O)C[C@H]1CCN(C(=O)c2ccccc2)C[C@@H]1CCCl. The van der Waals surface area contributed by atoms with Gasteiger partial charge in [-0.3, -0.25) is 9.59 Å². The van der Waals surface area contributed by atoms with E-state index in [0.29, 0.717) is 24.5 Å². The van der Waals surface area contributed by atoms with Crippen LogP contribution in [0.25, 0.3) is 0 Å². The standard InChI is InChI=1S/C16H20ClNO3/c17-8-6-14-11-18(9-7-13(14)10-15(19)20)16(21)12-4-2-1-3-5-12/h1-5,13-14H,6-11H2,(H,19,20)/t13-,14+/m1/s1. The van der Waals surface area contributed by atoms with Crippen molar-refractivity contribution < 1.29 is 14.7 Å². The predicted octanol–water partition coefficient (Wildman–Crippen LogP) is 2.87. The van der Waals surface area contributed by atoms with Crippen LogP contribution >= 0.6 is 11.6 Å². The van der Waals surface area contributed by atoms with E-state index >= 15 is 0 Å². The van der Waals surface area contributed by atoms with E-state index in [1.54, 1.807) is 0 Å². The number of rotatable bonds is 5. The fraction of sp³-hybridized carbons (Fsp3) is 0.500. The topological polar surface area (TPSA) is 57.6 Å². The zero-order valence-electron chi connectivity index (χ0n) is 11.9. The zero-order valence-corrected chi connectivity index (χ0v) is 12.6. The van der Waals surface area contributed by atoms with Crippen molar-refractivity contribution in [2.24, 2.45) is 11.8 Å². The summed E-state index contributed by atoms with van der Waals surface area (Å²) >= 11 is 5.83. The van der Waals surface area contributed by atoms with Crippen LogP contribution in [0.4, 0.5) is 0 Å². The lowest BCUT2D eigenvalue weighted by Crippen LogP contribution is -2.44. The number of amides is 1. The third-order valence-electron chi connectivity index (χ3n) is 4.12. The summed E-state index contributed by atoms with van der Waals surface area (Å²) in [5.41, 5.74) is 0.679. The van der Waals surface area contributed by atoms with Crippen LogP contribution in [0.15, 0.2) is 30.3 Å². The number of hydrogen-bond donors (Lipinski definition) is 1. The normalized spacial score (nSPS) is 22.0. The van der Waals surface area contributed by atoms with Gasteiger partial charge in [-0.05, 0) is 36.8 Å². The molecule has 0 spiro atoms. The van der Waals surface area contributed by atoms with Gasteiger partial charge in [0.25, 0.3) is 5.91 Å². The Morgan fingerprint density at radius 1 is 1.24 bits per heavy atom. The van der Waals surface area contributed by atoms with Crippen molar-refractivity contribution in [3.05, 3.63) is 35.9 Å². The van der Waals surface area contributed by atoms with Crippen molar-refractivity contribution in [2.75, 3.05) is 19.0 Å². The smallest absolute Gasteiger partial charge is 0.303 e. The maximum Gasteiger partial charge on any atom is 0.303 e. The predicted molar refractivity (Wildman–Crippen MR) is 81.5 cm³/mol. The van der Waals surface area contributed by atoms with Gasteiger partial charge in [-0.2, -0.15) is 0 Å². The Balaban J connectivity index is 2.04. The molecule has 1 aromatic rings. The van der Waals surface area contributed by atoms with Gasteiger partial charge < -0.3 is 10.0 Å². The van der Waals surface area contributed by atoms with Gasteiger partial charge in [0.1, 0.15) is 0 Å². The molecule has 1 fully saturated rings. The molecule has 1 amide bonds. The van der Waals surface area contributed by atoms with Gasteiger partial charge in [-0.15, -0.1) is 11.6 Å². The largest absolute Gasteiger partial charge is 0.481 e. The highest BCUT2D eigenvalue weighted by molar-refractivity contribution is 6.17. The van der Waals surface area contributed by atoms with E-state index in [-0.39, 0.29) is 24.2 Å². The Hall–Kier alpha value is -1.55. The molecule has 2 atom stereocenters. The summed E-state index contributed by atoms with van der Waals surface area (Å²) in [5.74, 6) is 0.0150. The number of halogens is 1. The van der Waals surface area contributed by atoms with Crippen molar-refractivity contribution in [1.82, 2.24) is 4.90 Å². The monoisotopic (exact) mass is 309 g/mol. The molecule has 1 N–H and O–H groups in total. The number of hydrogen-bond acceptors (Lipinski definition) is 2. The Labute approximate surface area is 129 Å². The van der Waals surface area contributed by atoms with Crippen LogP contribution in [0.5, 0.6) is 0 Å². The molecule has 5 heteroatoms. The number of carboxylic acids is 1. The lowest BCUT2D eigenvalue weighted by atomic mass is 9.81. The molecule has 0 bridgehead atoms. The lowest BCUT2D eigenvalue weighted by molar-refractivity contribution is -0.139. The van der Waals surface area contributed by atoms with E-state index in [0.717, 1.165) is 12.8 Å². The number of benzene rings is 1. The molecular weight excluding hydrogens is 290 g/mol. The van der Waals surface area contributed by atoms with Gasteiger partial charge in [0.15, 0.2) is 0 Å². The Bertz CT molecular complexity index is 492. The molecule has 1 heterocycles. The van der Waals surface area contributed by atoms with Crippen LogP contribution in [0.1, 0.15) is 29.6 Å². The van der Waals surface area contributed by atoms with E-state index in [1.807, 2.05) is 35.2 Å². The number of likely N-dealkylation sites (tertiary alicyclic amines) is 1. The first-order valence-electron chi connectivity index (χ1n) is 7.24. The second kappa shape index (κ2) is 7.46.